The van der Waals surface area contributed by atoms with Gasteiger partial charge < -0.3 is 14.5 Å². The third-order valence-electron chi connectivity index (χ3n) is 3.38. The summed E-state index contributed by atoms with van der Waals surface area (Å²) in [4.78, 5) is 29.9. The van der Waals surface area contributed by atoms with Gasteiger partial charge in [-0.3, -0.25) is 4.57 Å². The summed E-state index contributed by atoms with van der Waals surface area (Å²) in [7, 11) is -4.07. The van der Waals surface area contributed by atoms with E-state index in [0.717, 1.165) is 32.1 Å². The van der Waals surface area contributed by atoms with Gasteiger partial charge in [0.25, 0.3) is 0 Å². The Morgan fingerprint density at radius 3 is 2.18 bits per heavy atom. The van der Waals surface area contributed by atoms with Gasteiger partial charge in [0.2, 0.25) is 0 Å². The van der Waals surface area contributed by atoms with Crippen LogP contribution in [0, 0.1) is 0 Å². The molecule has 1 radical (unpaired) electrons. The fourth-order valence-corrected chi connectivity index (χ4v) is 3.11. The second-order valence-corrected chi connectivity index (χ2v) is 7.41. The van der Waals surface area contributed by atoms with Crippen molar-refractivity contribution in [2.75, 3.05) is 6.61 Å². The van der Waals surface area contributed by atoms with E-state index in [9.17, 15) is 19.1 Å². The van der Waals surface area contributed by atoms with Crippen molar-refractivity contribution >= 4 is 43.1 Å². The second kappa shape index (κ2) is 13.8. The van der Waals surface area contributed by atoms with Gasteiger partial charge in [-0.2, -0.15) is 0 Å². The van der Waals surface area contributed by atoms with Crippen molar-refractivity contribution in [3.63, 3.8) is 0 Å². The Bertz CT molecular complexity index is 367. The van der Waals surface area contributed by atoms with Crippen LogP contribution >= 0.6 is 7.60 Å². The molecule has 0 aliphatic rings. The topological polar surface area (TPSA) is 83.8 Å². The molecule has 0 aromatic rings. The van der Waals surface area contributed by atoms with Crippen molar-refractivity contribution in [1.82, 2.24) is 0 Å². The van der Waals surface area contributed by atoms with Crippen molar-refractivity contribution in [2.24, 2.45) is 0 Å². The van der Waals surface area contributed by atoms with Crippen LogP contribution in [0.3, 0.4) is 0 Å². The zero-order valence-electron chi connectivity index (χ0n) is 14.2. The molecule has 5 nitrogen and oxygen atoms in total. The van der Waals surface area contributed by atoms with Crippen LogP contribution < -0.4 is 0 Å². The Balaban J connectivity index is 0. The summed E-state index contributed by atoms with van der Waals surface area (Å²) >= 11 is 0. The molecule has 7 heteroatoms. The monoisotopic (exact) mass is 343 g/mol. The van der Waals surface area contributed by atoms with Crippen LogP contribution in [0.5, 0.6) is 0 Å². The first-order valence-corrected chi connectivity index (χ1v) is 9.35. The Labute approximate surface area is 156 Å². The van der Waals surface area contributed by atoms with E-state index < -0.39 is 19.2 Å². The predicted molar refractivity (Wildman–Crippen MR) is 90.0 cm³/mol. The average molecular weight is 343 g/mol. The van der Waals surface area contributed by atoms with Crippen LogP contribution in [0.2, 0.25) is 0 Å². The molecule has 0 fully saturated rings. The van der Waals surface area contributed by atoms with Gasteiger partial charge in [-0.05, 0) is 26.2 Å². The molecule has 22 heavy (non-hydrogen) atoms. The fraction of sp³-hybridized carbons (Fsp3) is 0.800. The SMILES string of the molecule is C=C(C)C(=O)OCCCC(CCCCCCC)P(=O)(O)O.[Na]. The van der Waals surface area contributed by atoms with Gasteiger partial charge in [-0.15, -0.1) is 0 Å². The number of carbonyl (C=O) groups excluding carboxylic acids is 1. The summed E-state index contributed by atoms with van der Waals surface area (Å²) < 4.78 is 16.4. The van der Waals surface area contributed by atoms with Crippen LogP contribution in [0.15, 0.2) is 12.2 Å². The summed E-state index contributed by atoms with van der Waals surface area (Å²) in [5.74, 6) is -0.456. The van der Waals surface area contributed by atoms with Crippen LogP contribution in [-0.2, 0) is 14.1 Å². The maximum atomic E-state index is 11.5. The van der Waals surface area contributed by atoms with E-state index in [0.29, 0.717) is 24.8 Å². The van der Waals surface area contributed by atoms with Gasteiger partial charge >= 0.3 is 13.6 Å². The normalized spacial score (nSPS) is 12.4. The molecular formula is C15H29NaO5P. The maximum absolute atomic E-state index is 11.5. The molecule has 0 aliphatic heterocycles. The first-order chi connectivity index (χ1) is 9.79. The Morgan fingerprint density at radius 1 is 1.14 bits per heavy atom. The molecule has 0 bridgehead atoms. The van der Waals surface area contributed by atoms with Gasteiger partial charge in [0.1, 0.15) is 0 Å². The smallest absolute Gasteiger partial charge is 0.333 e. The van der Waals surface area contributed by atoms with Crippen molar-refractivity contribution in [1.29, 1.82) is 0 Å². The van der Waals surface area contributed by atoms with E-state index in [-0.39, 0.29) is 36.2 Å². The Hall–Kier alpha value is 0.360. The first-order valence-electron chi connectivity index (χ1n) is 7.66. The minimum Gasteiger partial charge on any atom is -0.462 e. The van der Waals surface area contributed by atoms with E-state index in [1.54, 1.807) is 6.92 Å². The third kappa shape index (κ3) is 12.9. The molecule has 0 saturated carbocycles. The van der Waals surface area contributed by atoms with E-state index in [4.69, 9.17) is 4.74 Å². The zero-order valence-corrected chi connectivity index (χ0v) is 17.1. The van der Waals surface area contributed by atoms with Crippen molar-refractivity contribution in [3.05, 3.63) is 12.2 Å². The van der Waals surface area contributed by atoms with Gasteiger partial charge in [-0.1, -0.05) is 45.6 Å². The largest absolute Gasteiger partial charge is 0.462 e. The molecule has 2 N–H and O–H groups in total. The molecule has 0 amide bonds. The standard InChI is InChI=1S/C15H29O5P.Na/c1-4-5-6-7-8-10-14(21(17,18)19)11-9-12-20-15(16)13(2)3;/h14H,2,4-12H2,1,3H3,(H2,17,18,19);. The van der Waals surface area contributed by atoms with Crippen LogP contribution in [0.1, 0.15) is 65.2 Å². The predicted octanol–water partition coefficient (Wildman–Crippen LogP) is 3.41. The number of carbonyl (C=O) groups is 1. The number of esters is 1. The minimum atomic E-state index is -4.07. The van der Waals surface area contributed by atoms with Crippen molar-refractivity contribution in [2.45, 2.75) is 70.9 Å². The first kappa shape index (κ1) is 24.6. The summed E-state index contributed by atoms with van der Waals surface area (Å²) in [5.41, 5.74) is -0.292. The fourth-order valence-electron chi connectivity index (χ4n) is 2.07. The molecule has 0 rings (SSSR count). The zero-order chi connectivity index (χ0) is 16.3. The molecule has 1 unspecified atom stereocenters. The Morgan fingerprint density at radius 2 is 1.68 bits per heavy atom. The van der Waals surface area contributed by atoms with Crippen LogP contribution in [0.4, 0.5) is 0 Å². The molecular weight excluding hydrogens is 314 g/mol. The van der Waals surface area contributed by atoms with E-state index in [1.165, 1.54) is 0 Å². The minimum absolute atomic E-state index is 0. The quantitative estimate of drug-likeness (QED) is 0.186. The van der Waals surface area contributed by atoms with Gasteiger partial charge in [0, 0.05) is 35.1 Å². The maximum Gasteiger partial charge on any atom is 0.333 e. The van der Waals surface area contributed by atoms with E-state index >= 15 is 0 Å². The van der Waals surface area contributed by atoms with Crippen molar-refractivity contribution < 1.29 is 23.9 Å². The molecule has 0 saturated heterocycles. The molecule has 0 spiro atoms. The number of hydrogen-bond acceptors (Lipinski definition) is 3. The number of hydrogen-bond donors (Lipinski definition) is 2. The summed E-state index contributed by atoms with van der Waals surface area (Å²) in [6.45, 7) is 7.35. The molecule has 0 aliphatic carbocycles. The number of unbranched alkanes of at least 4 members (excludes halogenated alkanes) is 4. The molecule has 0 aromatic carbocycles. The second-order valence-electron chi connectivity index (χ2n) is 5.50. The molecule has 125 valence electrons. The van der Waals surface area contributed by atoms with Crippen LogP contribution in [-0.4, -0.2) is 57.6 Å². The summed E-state index contributed by atoms with van der Waals surface area (Å²) in [6, 6.07) is 0. The van der Waals surface area contributed by atoms with Gasteiger partial charge in [0.15, 0.2) is 0 Å². The van der Waals surface area contributed by atoms with Crippen molar-refractivity contribution in [3.8, 4) is 0 Å². The van der Waals surface area contributed by atoms with E-state index in [1.807, 2.05) is 0 Å². The Kier molecular flexibility index (Phi) is 15.4. The molecule has 0 heterocycles. The number of ether oxygens (including phenoxy) is 1. The third-order valence-corrected chi connectivity index (χ3v) is 4.85. The van der Waals surface area contributed by atoms with Gasteiger partial charge in [-0.25, -0.2) is 4.79 Å². The molecule has 0 aromatic heterocycles. The summed E-state index contributed by atoms with van der Waals surface area (Å²) in [6.07, 6.45) is 6.64. The average Bonchev–Trinajstić information content (AvgIpc) is 2.38. The number of rotatable bonds is 12. The molecule has 1 atom stereocenters. The van der Waals surface area contributed by atoms with Gasteiger partial charge in [0.05, 0.1) is 12.3 Å². The van der Waals surface area contributed by atoms with Crippen LogP contribution in [0.25, 0.3) is 0 Å². The summed E-state index contributed by atoms with van der Waals surface area (Å²) in [5, 5.41) is 0. The van der Waals surface area contributed by atoms with E-state index in [2.05, 4.69) is 13.5 Å².